The first-order valence-corrected chi connectivity index (χ1v) is 5.58. The predicted octanol–water partition coefficient (Wildman–Crippen LogP) is 2.35. The molecule has 0 amide bonds. The lowest BCUT2D eigenvalue weighted by Gasteiger charge is -2.03. The molecule has 18 heavy (non-hydrogen) atoms. The van der Waals surface area contributed by atoms with E-state index in [-0.39, 0.29) is 12.4 Å². The van der Waals surface area contributed by atoms with Crippen molar-refractivity contribution in [3.05, 3.63) is 47.0 Å². The second kappa shape index (κ2) is 5.10. The molecule has 94 valence electrons. The van der Waals surface area contributed by atoms with E-state index in [1.54, 1.807) is 37.5 Å². The van der Waals surface area contributed by atoms with Crippen molar-refractivity contribution in [3.63, 3.8) is 0 Å². The first kappa shape index (κ1) is 12.4. The van der Waals surface area contributed by atoms with Crippen LogP contribution in [0.3, 0.4) is 0 Å². The maximum atomic E-state index is 10.8. The van der Waals surface area contributed by atoms with Crippen molar-refractivity contribution in [1.82, 2.24) is 9.55 Å². The minimum absolute atomic E-state index is 0.00953. The molecule has 0 saturated carbocycles. The van der Waals surface area contributed by atoms with Crippen LogP contribution in [-0.2, 0) is 13.7 Å². The lowest BCUT2D eigenvalue weighted by Crippen LogP contribution is -2.05. The van der Waals surface area contributed by atoms with Crippen LogP contribution < -0.4 is 4.74 Å². The number of aryl methyl sites for hydroxylation is 1. The molecule has 1 aromatic heterocycles. The average Bonchev–Trinajstić information content (AvgIpc) is 2.70. The molecule has 2 rings (SSSR count). The molecule has 2 aromatic rings. The first-order valence-electron chi connectivity index (χ1n) is 5.20. The van der Waals surface area contributed by atoms with Crippen molar-refractivity contribution in [2.75, 3.05) is 0 Å². The van der Waals surface area contributed by atoms with Gasteiger partial charge in [-0.2, -0.15) is 0 Å². The number of carboxylic acids is 1. The lowest BCUT2D eigenvalue weighted by molar-refractivity contribution is 0.0679. The molecule has 0 fully saturated rings. The Balaban J connectivity index is 2.04. The normalized spacial score (nSPS) is 10.3. The smallest absolute Gasteiger partial charge is 0.372 e. The molecule has 1 N–H and O–H groups in total. The van der Waals surface area contributed by atoms with Gasteiger partial charge < -0.3 is 14.4 Å². The van der Waals surface area contributed by atoms with Gasteiger partial charge in [-0.05, 0) is 24.3 Å². The fraction of sp³-hybridized carbons (Fsp3) is 0.167. The number of imidazole rings is 1. The van der Waals surface area contributed by atoms with E-state index in [2.05, 4.69) is 4.98 Å². The summed E-state index contributed by atoms with van der Waals surface area (Å²) in [5.74, 6) is -0.415. The van der Waals surface area contributed by atoms with Crippen molar-refractivity contribution in [2.24, 2.45) is 7.05 Å². The van der Waals surface area contributed by atoms with Crippen LogP contribution in [0.25, 0.3) is 0 Å². The number of aromatic carboxylic acids is 1. The summed E-state index contributed by atoms with van der Waals surface area (Å²) in [5, 5.41) is 9.49. The highest BCUT2D eigenvalue weighted by Gasteiger charge is 2.12. The van der Waals surface area contributed by atoms with Gasteiger partial charge in [0.05, 0.1) is 5.69 Å². The fourth-order valence-electron chi connectivity index (χ4n) is 1.48. The molecule has 6 heteroatoms. The van der Waals surface area contributed by atoms with Crippen molar-refractivity contribution >= 4 is 17.6 Å². The summed E-state index contributed by atoms with van der Waals surface area (Å²) >= 11 is 5.75. The summed E-state index contributed by atoms with van der Waals surface area (Å²) in [6.45, 7) is 0.211. The largest absolute Gasteiger partial charge is 0.487 e. The number of halogens is 1. The van der Waals surface area contributed by atoms with Gasteiger partial charge in [-0.1, -0.05) is 11.6 Å². The molecule has 0 bridgehead atoms. The number of carbonyl (C=O) groups is 1. The molecule has 0 unspecified atom stereocenters. The molecule has 0 spiro atoms. The van der Waals surface area contributed by atoms with E-state index in [0.29, 0.717) is 16.5 Å². The number of benzene rings is 1. The maximum Gasteiger partial charge on any atom is 0.372 e. The molecule has 5 nitrogen and oxygen atoms in total. The molecule has 0 radical (unpaired) electrons. The van der Waals surface area contributed by atoms with Gasteiger partial charge in [-0.3, -0.25) is 0 Å². The Bertz CT molecular complexity index is 563. The Labute approximate surface area is 109 Å². The molecular weight excluding hydrogens is 256 g/mol. The number of hydrogen-bond acceptors (Lipinski definition) is 3. The first-order chi connectivity index (χ1) is 8.56. The lowest BCUT2D eigenvalue weighted by atomic mass is 10.3. The molecule has 0 aliphatic heterocycles. The zero-order chi connectivity index (χ0) is 13.1. The van der Waals surface area contributed by atoms with Gasteiger partial charge >= 0.3 is 5.97 Å². The minimum atomic E-state index is -1.06. The standard InChI is InChI=1S/C12H11ClN2O3/c1-15-6-9(14-11(15)12(16)17)7-18-10-4-2-8(13)3-5-10/h2-6H,7H2,1H3,(H,16,17). The van der Waals surface area contributed by atoms with E-state index in [4.69, 9.17) is 21.4 Å². The average molecular weight is 267 g/mol. The van der Waals surface area contributed by atoms with E-state index < -0.39 is 5.97 Å². The number of aromatic nitrogens is 2. The van der Waals surface area contributed by atoms with Gasteiger partial charge in [-0.25, -0.2) is 9.78 Å². The highest BCUT2D eigenvalue weighted by molar-refractivity contribution is 6.30. The van der Waals surface area contributed by atoms with E-state index in [1.807, 2.05) is 0 Å². The quantitative estimate of drug-likeness (QED) is 0.923. The zero-order valence-electron chi connectivity index (χ0n) is 9.63. The monoisotopic (exact) mass is 266 g/mol. The van der Waals surface area contributed by atoms with Crippen LogP contribution in [-0.4, -0.2) is 20.6 Å². The summed E-state index contributed by atoms with van der Waals surface area (Å²) in [6, 6.07) is 6.92. The third-order valence-corrected chi connectivity index (χ3v) is 2.57. The van der Waals surface area contributed by atoms with E-state index in [9.17, 15) is 4.79 Å². The molecule has 0 aliphatic rings. The molecule has 1 heterocycles. The Morgan fingerprint density at radius 2 is 2.11 bits per heavy atom. The van der Waals surface area contributed by atoms with Gasteiger partial charge in [0.15, 0.2) is 0 Å². The second-order valence-electron chi connectivity index (χ2n) is 3.71. The van der Waals surface area contributed by atoms with Crippen LogP contribution in [0.5, 0.6) is 5.75 Å². The highest BCUT2D eigenvalue weighted by atomic mass is 35.5. The topological polar surface area (TPSA) is 64.4 Å². The van der Waals surface area contributed by atoms with E-state index in [1.165, 1.54) is 4.57 Å². The molecular formula is C12H11ClN2O3. The Hall–Kier alpha value is -2.01. The van der Waals surface area contributed by atoms with Crippen molar-refractivity contribution in [3.8, 4) is 5.75 Å². The Morgan fingerprint density at radius 3 is 2.67 bits per heavy atom. The van der Waals surface area contributed by atoms with Gasteiger partial charge in [0.2, 0.25) is 5.82 Å². The SMILES string of the molecule is Cn1cc(COc2ccc(Cl)cc2)nc1C(=O)O. The fourth-order valence-corrected chi connectivity index (χ4v) is 1.61. The molecule has 0 atom stereocenters. The van der Waals surface area contributed by atoms with Crippen LogP contribution in [0, 0.1) is 0 Å². The second-order valence-corrected chi connectivity index (χ2v) is 4.15. The van der Waals surface area contributed by atoms with Crippen molar-refractivity contribution < 1.29 is 14.6 Å². The van der Waals surface area contributed by atoms with Crippen LogP contribution in [0.4, 0.5) is 0 Å². The summed E-state index contributed by atoms with van der Waals surface area (Å²) in [5.41, 5.74) is 0.560. The predicted molar refractivity (Wildman–Crippen MR) is 66.0 cm³/mol. The zero-order valence-corrected chi connectivity index (χ0v) is 10.4. The minimum Gasteiger partial charge on any atom is -0.487 e. The summed E-state index contributed by atoms with van der Waals surface area (Å²) in [7, 11) is 1.63. The van der Waals surface area contributed by atoms with Crippen LogP contribution in [0.15, 0.2) is 30.5 Å². The number of rotatable bonds is 4. The third kappa shape index (κ3) is 2.81. The van der Waals surface area contributed by atoms with Crippen molar-refractivity contribution in [1.29, 1.82) is 0 Å². The van der Waals surface area contributed by atoms with Crippen LogP contribution in [0.2, 0.25) is 5.02 Å². The maximum absolute atomic E-state index is 10.8. The van der Waals surface area contributed by atoms with E-state index in [0.717, 1.165) is 0 Å². The molecule has 0 saturated heterocycles. The number of carboxylic acid groups (broad SMARTS) is 1. The Morgan fingerprint density at radius 1 is 1.44 bits per heavy atom. The van der Waals surface area contributed by atoms with Crippen molar-refractivity contribution in [2.45, 2.75) is 6.61 Å². The van der Waals surface area contributed by atoms with E-state index >= 15 is 0 Å². The molecule has 0 aliphatic carbocycles. The Kier molecular flexibility index (Phi) is 3.53. The summed E-state index contributed by atoms with van der Waals surface area (Å²) in [6.07, 6.45) is 1.62. The van der Waals surface area contributed by atoms with Crippen LogP contribution in [0.1, 0.15) is 16.3 Å². The number of nitrogens with zero attached hydrogens (tertiary/aromatic N) is 2. The third-order valence-electron chi connectivity index (χ3n) is 2.32. The highest BCUT2D eigenvalue weighted by Crippen LogP contribution is 2.16. The van der Waals surface area contributed by atoms with Gasteiger partial charge in [0.25, 0.3) is 0 Å². The van der Waals surface area contributed by atoms with Gasteiger partial charge in [0, 0.05) is 18.3 Å². The number of ether oxygens (including phenoxy) is 1. The summed E-state index contributed by atoms with van der Waals surface area (Å²) in [4.78, 5) is 14.8. The summed E-state index contributed by atoms with van der Waals surface area (Å²) < 4.78 is 6.92. The molecule has 1 aromatic carbocycles. The van der Waals surface area contributed by atoms with Gasteiger partial charge in [-0.15, -0.1) is 0 Å². The van der Waals surface area contributed by atoms with Gasteiger partial charge in [0.1, 0.15) is 12.4 Å². The van der Waals surface area contributed by atoms with Crippen LogP contribution >= 0.6 is 11.6 Å². The number of hydrogen-bond donors (Lipinski definition) is 1.